The highest BCUT2D eigenvalue weighted by Gasteiger charge is 2.43. The van der Waals surface area contributed by atoms with Crippen LogP contribution < -0.4 is 0 Å². The van der Waals surface area contributed by atoms with E-state index in [2.05, 4.69) is 24.3 Å². The van der Waals surface area contributed by atoms with E-state index in [0.717, 1.165) is 28.7 Å². The van der Waals surface area contributed by atoms with Gasteiger partial charge in [-0.25, -0.2) is 9.59 Å². The van der Waals surface area contributed by atoms with E-state index < -0.39 is 17.7 Å². The number of carboxylic acid groups (broad SMARTS) is 1. The second kappa shape index (κ2) is 12.7. The molecule has 9 heteroatoms. The molecular weight excluding hydrogens is 536 g/mol. The predicted octanol–water partition coefficient (Wildman–Crippen LogP) is 5.76. The van der Waals surface area contributed by atoms with E-state index in [0.29, 0.717) is 39.1 Å². The SMILES string of the molecule is CC(C)(C)OC(=O)N1CCC(N(CCCC(=O)O)C(=O)OCC2c3ccccc3-c3ccccc32)C(C2CCOC2)C1. The Morgan fingerprint density at radius 1 is 1.02 bits per heavy atom. The molecule has 0 radical (unpaired) electrons. The smallest absolute Gasteiger partial charge is 0.410 e. The van der Waals surface area contributed by atoms with Crippen LogP contribution in [0.15, 0.2) is 48.5 Å². The fourth-order valence-corrected chi connectivity index (χ4v) is 6.67. The zero-order valence-electron chi connectivity index (χ0n) is 24.8. The second-order valence-electron chi connectivity index (χ2n) is 12.6. The van der Waals surface area contributed by atoms with Gasteiger partial charge in [-0.2, -0.15) is 0 Å². The molecule has 2 heterocycles. The van der Waals surface area contributed by atoms with Gasteiger partial charge in [0, 0.05) is 57.1 Å². The van der Waals surface area contributed by atoms with Crippen molar-refractivity contribution >= 4 is 18.2 Å². The first-order valence-corrected chi connectivity index (χ1v) is 15.0. The number of benzene rings is 2. The van der Waals surface area contributed by atoms with Gasteiger partial charge in [0.05, 0.1) is 0 Å². The monoisotopic (exact) mass is 578 g/mol. The van der Waals surface area contributed by atoms with Crippen molar-refractivity contribution in [2.24, 2.45) is 11.8 Å². The lowest BCUT2D eigenvalue weighted by atomic mass is 9.80. The number of amides is 2. The molecule has 0 bridgehead atoms. The van der Waals surface area contributed by atoms with Crippen molar-refractivity contribution in [1.29, 1.82) is 0 Å². The number of carbonyl (C=O) groups is 3. The summed E-state index contributed by atoms with van der Waals surface area (Å²) in [5, 5.41) is 9.31. The van der Waals surface area contributed by atoms with E-state index in [1.165, 1.54) is 0 Å². The molecule has 5 rings (SSSR count). The molecule has 2 aliphatic heterocycles. The van der Waals surface area contributed by atoms with E-state index >= 15 is 0 Å². The summed E-state index contributed by atoms with van der Waals surface area (Å²) in [5.41, 5.74) is 3.97. The van der Waals surface area contributed by atoms with Crippen LogP contribution in [0.2, 0.25) is 0 Å². The minimum Gasteiger partial charge on any atom is -0.481 e. The maximum absolute atomic E-state index is 13.9. The van der Waals surface area contributed by atoms with Gasteiger partial charge in [-0.3, -0.25) is 4.79 Å². The number of piperidine rings is 1. The molecule has 2 aromatic carbocycles. The lowest BCUT2D eigenvalue weighted by Crippen LogP contribution is -2.57. The molecule has 1 aliphatic carbocycles. The number of fused-ring (bicyclic) bond motifs is 3. The number of hydrogen-bond acceptors (Lipinski definition) is 6. The van der Waals surface area contributed by atoms with E-state index in [1.807, 2.05) is 45.0 Å². The van der Waals surface area contributed by atoms with Gasteiger partial charge in [-0.05, 0) is 68.2 Å². The van der Waals surface area contributed by atoms with Crippen LogP contribution in [-0.4, -0.2) is 84.2 Å². The largest absolute Gasteiger partial charge is 0.481 e. The van der Waals surface area contributed by atoms with Gasteiger partial charge in [-0.1, -0.05) is 48.5 Å². The first-order valence-electron chi connectivity index (χ1n) is 15.0. The van der Waals surface area contributed by atoms with Crippen LogP contribution in [-0.2, 0) is 19.0 Å². The third kappa shape index (κ3) is 6.72. The van der Waals surface area contributed by atoms with Crippen LogP contribution in [0.25, 0.3) is 11.1 Å². The van der Waals surface area contributed by atoms with E-state index in [1.54, 1.807) is 9.80 Å². The molecule has 0 aromatic heterocycles. The van der Waals surface area contributed by atoms with Crippen molar-refractivity contribution in [1.82, 2.24) is 9.80 Å². The Kier molecular flexibility index (Phi) is 9.06. The zero-order valence-corrected chi connectivity index (χ0v) is 24.8. The Morgan fingerprint density at radius 3 is 2.29 bits per heavy atom. The Hall–Kier alpha value is -3.59. The first kappa shape index (κ1) is 29.9. The van der Waals surface area contributed by atoms with E-state index in [-0.39, 0.29) is 49.5 Å². The molecule has 9 nitrogen and oxygen atoms in total. The molecule has 2 fully saturated rings. The van der Waals surface area contributed by atoms with Crippen LogP contribution in [0.3, 0.4) is 0 Å². The lowest BCUT2D eigenvalue weighted by molar-refractivity contribution is -0.137. The minimum absolute atomic E-state index is 0.0406. The second-order valence-corrected chi connectivity index (χ2v) is 12.6. The number of ether oxygens (including phenoxy) is 3. The summed E-state index contributed by atoms with van der Waals surface area (Å²) in [6.07, 6.45) is 0.875. The van der Waals surface area contributed by atoms with Gasteiger partial charge in [0.2, 0.25) is 0 Å². The number of hydrogen-bond donors (Lipinski definition) is 1. The van der Waals surface area contributed by atoms with Crippen LogP contribution in [0.5, 0.6) is 0 Å². The third-order valence-electron chi connectivity index (χ3n) is 8.60. The van der Waals surface area contributed by atoms with Gasteiger partial charge in [0.15, 0.2) is 0 Å². The molecule has 0 spiro atoms. The van der Waals surface area contributed by atoms with Crippen molar-refractivity contribution in [3.63, 3.8) is 0 Å². The molecular formula is C33H42N2O7. The summed E-state index contributed by atoms with van der Waals surface area (Å²) in [4.78, 5) is 41.7. The molecule has 42 heavy (non-hydrogen) atoms. The number of likely N-dealkylation sites (tertiary alicyclic amines) is 1. The Balaban J connectivity index is 1.35. The number of carboxylic acids is 1. The van der Waals surface area contributed by atoms with Crippen LogP contribution in [0.4, 0.5) is 9.59 Å². The Morgan fingerprint density at radius 2 is 1.69 bits per heavy atom. The molecule has 1 N–H and O–H groups in total. The standard InChI is InChI=1S/C33H42N2O7/c1-33(2,3)42-31(38)34-17-14-29(27(19-34)22-15-18-40-20-22)35(16-8-13-30(36)37)32(39)41-21-28-25-11-6-4-9-23(25)24-10-5-7-12-26(24)28/h4-7,9-12,22,27-29H,8,13-21H2,1-3H3,(H,36,37). The molecule has 0 saturated carbocycles. The van der Waals surface area contributed by atoms with Gasteiger partial charge >= 0.3 is 18.2 Å². The molecule has 2 saturated heterocycles. The summed E-state index contributed by atoms with van der Waals surface area (Å²) in [7, 11) is 0. The fraction of sp³-hybridized carbons (Fsp3) is 0.545. The van der Waals surface area contributed by atoms with Gasteiger partial charge in [0.1, 0.15) is 12.2 Å². The summed E-state index contributed by atoms with van der Waals surface area (Å²) in [5.74, 6) is -0.846. The summed E-state index contributed by atoms with van der Waals surface area (Å²) >= 11 is 0. The summed E-state index contributed by atoms with van der Waals surface area (Å²) in [6, 6.07) is 16.2. The minimum atomic E-state index is -0.900. The van der Waals surface area contributed by atoms with Gasteiger partial charge in [-0.15, -0.1) is 0 Å². The van der Waals surface area contributed by atoms with Crippen LogP contribution >= 0.6 is 0 Å². The molecule has 3 atom stereocenters. The molecule has 226 valence electrons. The van der Waals surface area contributed by atoms with Crippen molar-refractivity contribution in [3.05, 3.63) is 59.7 Å². The highest BCUT2D eigenvalue weighted by atomic mass is 16.6. The topological polar surface area (TPSA) is 106 Å². The average molecular weight is 579 g/mol. The number of carbonyl (C=O) groups excluding carboxylic acids is 2. The van der Waals surface area contributed by atoms with Crippen LogP contribution in [0, 0.1) is 11.8 Å². The quantitative estimate of drug-likeness (QED) is 0.424. The van der Waals surface area contributed by atoms with Crippen molar-refractivity contribution < 1.29 is 33.7 Å². The van der Waals surface area contributed by atoms with Crippen molar-refractivity contribution in [2.75, 3.05) is 39.5 Å². The Bertz CT molecular complexity index is 1240. The summed E-state index contributed by atoms with van der Waals surface area (Å²) < 4.78 is 17.4. The maximum Gasteiger partial charge on any atom is 0.410 e. The highest BCUT2D eigenvalue weighted by Crippen LogP contribution is 2.44. The normalized spacial score (nSPS) is 21.9. The first-order chi connectivity index (χ1) is 20.1. The lowest BCUT2D eigenvalue weighted by Gasteiger charge is -2.45. The third-order valence-corrected chi connectivity index (χ3v) is 8.60. The fourth-order valence-electron chi connectivity index (χ4n) is 6.67. The van der Waals surface area contributed by atoms with Crippen molar-refractivity contribution in [3.8, 4) is 11.1 Å². The molecule has 3 aliphatic rings. The van der Waals surface area contributed by atoms with E-state index in [9.17, 15) is 19.5 Å². The maximum atomic E-state index is 13.9. The zero-order chi connectivity index (χ0) is 29.9. The Labute approximate surface area is 247 Å². The van der Waals surface area contributed by atoms with Crippen molar-refractivity contribution in [2.45, 2.75) is 64.0 Å². The molecule has 2 amide bonds. The number of aliphatic carboxylic acids is 1. The highest BCUT2D eigenvalue weighted by molar-refractivity contribution is 5.79. The van der Waals surface area contributed by atoms with Gasteiger partial charge < -0.3 is 29.1 Å². The number of nitrogens with zero attached hydrogens (tertiary/aromatic N) is 2. The number of rotatable bonds is 8. The molecule has 3 unspecified atom stereocenters. The average Bonchev–Trinajstić information content (AvgIpc) is 3.60. The van der Waals surface area contributed by atoms with E-state index in [4.69, 9.17) is 14.2 Å². The summed E-state index contributed by atoms with van der Waals surface area (Å²) in [6.45, 7) is 8.10. The molecule has 2 aromatic rings. The predicted molar refractivity (Wildman–Crippen MR) is 157 cm³/mol. The van der Waals surface area contributed by atoms with Gasteiger partial charge in [0.25, 0.3) is 0 Å². The van der Waals surface area contributed by atoms with Crippen LogP contribution in [0.1, 0.15) is 63.5 Å².